The molecule has 0 unspecified atom stereocenters. The summed E-state index contributed by atoms with van der Waals surface area (Å²) in [5, 5.41) is 9.27. The van der Waals surface area contributed by atoms with Crippen molar-refractivity contribution in [3.63, 3.8) is 0 Å². The van der Waals surface area contributed by atoms with Crippen molar-refractivity contribution in [1.29, 1.82) is 0 Å². The first-order chi connectivity index (χ1) is 10.7. The molecule has 2 aromatic rings. The van der Waals surface area contributed by atoms with Crippen molar-refractivity contribution < 1.29 is 19.4 Å². The molecule has 0 fully saturated rings. The summed E-state index contributed by atoms with van der Waals surface area (Å²) in [5.41, 5.74) is 0.972. The van der Waals surface area contributed by atoms with E-state index in [1.807, 2.05) is 28.8 Å². The van der Waals surface area contributed by atoms with Gasteiger partial charge in [-0.2, -0.15) is 0 Å². The number of aromatic nitrogens is 2. The number of ether oxygens (including phenoxy) is 2. The number of rotatable bonds is 5. The first-order valence-electron chi connectivity index (χ1n) is 7.27. The highest BCUT2D eigenvalue weighted by Crippen LogP contribution is 2.23. The van der Waals surface area contributed by atoms with Gasteiger partial charge in [0.05, 0.1) is 12.8 Å². The third-order valence-corrected chi connectivity index (χ3v) is 3.83. The van der Waals surface area contributed by atoms with Gasteiger partial charge in [-0.1, -0.05) is 0 Å². The Kier molecular flexibility index (Phi) is 4.00. The van der Waals surface area contributed by atoms with Crippen LogP contribution in [0.4, 0.5) is 0 Å². The number of carboxylic acids is 1. The van der Waals surface area contributed by atoms with Crippen LogP contribution in [0.25, 0.3) is 0 Å². The normalized spacial score (nSPS) is 13.5. The molecule has 0 spiro atoms. The molecule has 1 aromatic heterocycles. The van der Waals surface area contributed by atoms with E-state index in [1.54, 1.807) is 7.11 Å². The third-order valence-electron chi connectivity index (χ3n) is 3.83. The van der Waals surface area contributed by atoms with Crippen LogP contribution >= 0.6 is 0 Å². The number of nitrogens with zero attached hydrogens (tertiary/aromatic N) is 2. The minimum absolute atomic E-state index is 0.160. The number of fused-ring (bicyclic) bond motifs is 1. The highest BCUT2D eigenvalue weighted by atomic mass is 16.5. The largest absolute Gasteiger partial charge is 0.497 e. The molecule has 0 saturated carbocycles. The van der Waals surface area contributed by atoms with E-state index >= 15 is 0 Å². The average Bonchev–Trinajstić information content (AvgIpc) is 2.92. The maximum atomic E-state index is 11.3. The molecule has 1 aliphatic heterocycles. The Bertz CT molecular complexity index is 676. The van der Waals surface area contributed by atoms with E-state index in [0.717, 1.165) is 37.3 Å². The van der Waals surface area contributed by atoms with Gasteiger partial charge >= 0.3 is 5.97 Å². The zero-order chi connectivity index (χ0) is 15.5. The maximum absolute atomic E-state index is 11.3. The molecule has 1 aromatic carbocycles. The smallest absolute Gasteiger partial charge is 0.356 e. The van der Waals surface area contributed by atoms with E-state index in [0.29, 0.717) is 11.6 Å². The second-order valence-corrected chi connectivity index (χ2v) is 5.20. The highest BCUT2D eigenvalue weighted by Gasteiger charge is 2.23. The van der Waals surface area contributed by atoms with Gasteiger partial charge < -0.3 is 19.1 Å². The number of carboxylic acid groups (broad SMARTS) is 1. The predicted molar refractivity (Wildman–Crippen MR) is 79.5 cm³/mol. The van der Waals surface area contributed by atoms with Crippen molar-refractivity contribution in [2.75, 3.05) is 7.11 Å². The van der Waals surface area contributed by atoms with Crippen LogP contribution in [0, 0.1) is 0 Å². The van der Waals surface area contributed by atoms with E-state index in [-0.39, 0.29) is 12.3 Å². The Morgan fingerprint density at radius 3 is 2.68 bits per heavy atom. The summed E-state index contributed by atoms with van der Waals surface area (Å²) in [6.07, 6.45) is 2.81. The first kappa shape index (κ1) is 14.4. The van der Waals surface area contributed by atoms with Gasteiger partial charge in [0, 0.05) is 6.54 Å². The monoisotopic (exact) mass is 302 g/mol. The minimum atomic E-state index is -0.971. The fourth-order valence-corrected chi connectivity index (χ4v) is 2.72. The highest BCUT2D eigenvalue weighted by molar-refractivity contribution is 5.86. The number of methoxy groups -OCH3 is 1. The standard InChI is InChI=1S/C16H18N2O4/c1-21-11-5-7-12(8-6-11)22-10-14-17-15(16(19)20)13-4-2-3-9-18(13)14/h5-8H,2-4,9-10H2,1H3,(H,19,20). The molecule has 0 atom stereocenters. The van der Waals surface area contributed by atoms with Crippen LogP contribution in [0.15, 0.2) is 24.3 Å². The number of hydrogen-bond donors (Lipinski definition) is 1. The molecule has 0 aliphatic carbocycles. The van der Waals surface area contributed by atoms with Gasteiger partial charge in [-0.25, -0.2) is 9.78 Å². The van der Waals surface area contributed by atoms with Crippen LogP contribution in [-0.2, 0) is 19.6 Å². The predicted octanol–water partition coefficient (Wildman–Crippen LogP) is 2.51. The van der Waals surface area contributed by atoms with Crippen LogP contribution in [0.3, 0.4) is 0 Å². The Hall–Kier alpha value is -2.50. The minimum Gasteiger partial charge on any atom is -0.497 e. The maximum Gasteiger partial charge on any atom is 0.356 e. The van der Waals surface area contributed by atoms with Gasteiger partial charge in [-0.15, -0.1) is 0 Å². The summed E-state index contributed by atoms with van der Waals surface area (Å²) in [4.78, 5) is 15.6. The Morgan fingerprint density at radius 1 is 1.27 bits per heavy atom. The van der Waals surface area contributed by atoms with E-state index in [2.05, 4.69) is 4.98 Å². The molecule has 0 bridgehead atoms. The summed E-state index contributed by atoms with van der Waals surface area (Å²) in [6.45, 7) is 1.06. The molecule has 6 heteroatoms. The number of hydrogen-bond acceptors (Lipinski definition) is 4. The van der Waals surface area contributed by atoms with Gasteiger partial charge in [0.15, 0.2) is 5.69 Å². The first-order valence-corrected chi connectivity index (χ1v) is 7.27. The third kappa shape index (κ3) is 2.77. The lowest BCUT2D eigenvalue weighted by atomic mass is 10.1. The van der Waals surface area contributed by atoms with Gasteiger partial charge in [-0.05, 0) is 43.5 Å². The van der Waals surface area contributed by atoms with Crippen LogP contribution in [0.2, 0.25) is 0 Å². The number of benzene rings is 1. The van der Waals surface area contributed by atoms with Gasteiger partial charge in [0.1, 0.15) is 23.9 Å². The molecule has 1 aliphatic rings. The van der Waals surface area contributed by atoms with Crippen molar-refractivity contribution in [3.05, 3.63) is 41.5 Å². The van der Waals surface area contributed by atoms with Crippen molar-refractivity contribution in [2.24, 2.45) is 0 Å². The lowest BCUT2D eigenvalue weighted by molar-refractivity contribution is 0.0689. The molecule has 0 amide bonds. The Morgan fingerprint density at radius 2 is 2.00 bits per heavy atom. The molecule has 0 saturated heterocycles. The second-order valence-electron chi connectivity index (χ2n) is 5.20. The second kappa shape index (κ2) is 6.09. The number of carbonyl (C=O) groups is 1. The molecule has 2 heterocycles. The number of aromatic carboxylic acids is 1. The van der Waals surface area contributed by atoms with E-state index < -0.39 is 5.97 Å². The molecular weight excluding hydrogens is 284 g/mol. The van der Waals surface area contributed by atoms with Gasteiger partial charge in [0.2, 0.25) is 0 Å². The molecule has 1 N–H and O–H groups in total. The molecule has 3 rings (SSSR count). The van der Waals surface area contributed by atoms with Crippen LogP contribution in [0.1, 0.15) is 34.8 Å². The topological polar surface area (TPSA) is 73.6 Å². The molecule has 6 nitrogen and oxygen atoms in total. The fraction of sp³-hybridized carbons (Fsp3) is 0.375. The molecule has 116 valence electrons. The summed E-state index contributed by atoms with van der Waals surface area (Å²) in [6, 6.07) is 7.27. The van der Waals surface area contributed by atoms with Crippen LogP contribution in [0.5, 0.6) is 11.5 Å². The quantitative estimate of drug-likeness (QED) is 0.918. The summed E-state index contributed by atoms with van der Waals surface area (Å²) in [7, 11) is 1.61. The van der Waals surface area contributed by atoms with E-state index in [1.165, 1.54) is 0 Å². The fourth-order valence-electron chi connectivity index (χ4n) is 2.72. The molecular formula is C16H18N2O4. The van der Waals surface area contributed by atoms with Crippen molar-refractivity contribution in [1.82, 2.24) is 9.55 Å². The molecule has 0 radical (unpaired) electrons. The lowest BCUT2D eigenvalue weighted by Gasteiger charge is -2.17. The van der Waals surface area contributed by atoms with E-state index in [9.17, 15) is 9.90 Å². The zero-order valence-corrected chi connectivity index (χ0v) is 12.4. The molecule has 22 heavy (non-hydrogen) atoms. The SMILES string of the molecule is COc1ccc(OCc2nc(C(=O)O)c3n2CCCC3)cc1. The van der Waals surface area contributed by atoms with Gasteiger partial charge in [0.25, 0.3) is 0 Å². The lowest BCUT2D eigenvalue weighted by Crippen LogP contribution is -2.15. The van der Waals surface area contributed by atoms with Crippen LogP contribution < -0.4 is 9.47 Å². The van der Waals surface area contributed by atoms with Gasteiger partial charge in [-0.3, -0.25) is 0 Å². The summed E-state index contributed by atoms with van der Waals surface area (Å²) >= 11 is 0. The summed E-state index contributed by atoms with van der Waals surface area (Å²) in [5.74, 6) is 1.16. The average molecular weight is 302 g/mol. The summed E-state index contributed by atoms with van der Waals surface area (Å²) < 4.78 is 12.8. The van der Waals surface area contributed by atoms with E-state index in [4.69, 9.17) is 9.47 Å². The number of imidazole rings is 1. The van der Waals surface area contributed by atoms with Crippen LogP contribution in [-0.4, -0.2) is 27.7 Å². The zero-order valence-electron chi connectivity index (χ0n) is 12.4. The Balaban J connectivity index is 1.78. The van der Waals surface area contributed by atoms with Crippen molar-refractivity contribution in [3.8, 4) is 11.5 Å². The Labute approximate surface area is 128 Å². The van der Waals surface area contributed by atoms with Crippen molar-refractivity contribution in [2.45, 2.75) is 32.4 Å². The van der Waals surface area contributed by atoms with Crippen molar-refractivity contribution >= 4 is 5.97 Å².